The summed E-state index contributed by atoms with van der Waals surface area (Å²) in [4.78, 5) is 22.3. The number of anilines is 1. The Balaban J connectivity index is 2.09. The van der Waals surface area contributed by atoms with Gasteiger partial charge in [0.1, 0.15) is 11.3 Å². The number of hydrogen-bond acceptors (Lipinski definition) is 3. The number of amides is 1. The Kier molecular flexibility index (Phi) is 2.99. The number of hydrogen-bond donors (Lipinski definition) is 3. The molecule has 0 atom stereocenters. The van der Waals surface area contributed by atoms with Crippen LogP contribution in [0.15, 0.2) is 18.2 Å². The number of carboxylic acids is 1. The molecule has 1 aromatic carbocycles. The van der Waals surface area contributed by atoms with Crippen LogP contribution < -0.4 is 5.32 Å². The first-order valence-corrected chi connectivity index (χ1v) is 5.45. The van der Waals surface area contributed by atoms with Crippen LogP contribution in [0.25, 0.3) is 0 Å². The lowest BCUT2D eigenvalue weighted by Gasteiger charge is -2.24. The topological polar surface area (TPSA) is 86.6 Å². The highest BCUT2D eigenvalue weighted by Gasteiger charge is 2.25. The van der Waals surface area contributed by atoms with Crippen LogP contribution in [0.5, 0.6) is 5.75 Å². The highest BCUT2D eigenvalue weighted by atomic mass is 16.4. The van der Waals surface area contributed by atoms with Gasteiger partial charge < -0.3 is 15.5 Å². The molecule has 0 bridgehead atoms. The summed E-state index contributed by atoms with van der Waals surface area (Å²) in [5.74, 6) is -1.56. The molecule has 1 aromatic rings. The molecule has 3 N–H and O–H groups in total. The highest BCUT2D eigenvalue weighted by molar-refractivity contribution is 5.95. The fraction of sp³-hybridized carbons (Fsp3) is 0.333. The highest BCUT2D eigenvalue weighted by Crippen LogP contribution is 2.28. The second-order valence-corrected chi connectivity index (χ2v) is 4.15. The number of phenols is 1. The lowest BCUT2D eigenvalue weighted by molar-refractivity contribution is -0.122. The molecule has 1 aliphatic rings. The van der Waals surface area contributed by atoms with Crippen molar-refractivity contribution in [2.75, 3.05) is 5.32 Å². The van der Waals surface area contributed by atoms with Crippen molar-refractivity contribution in [2.45, 2.75) is 19.3 Å². The van der Waals surface area contributed by atoms with E-state index in [1.165, 1.54) is 18.2 Å². The summed E-state index contributed by atoms with van der Waals surface area (Å²) in [6.07, 6.45) is 2.86. The standard InChI is InChI=1S/C12H13NO4/c14-10-6-8(4-5-9(10)12(16)17)13-11(15)7-2-1-3-7/h4-7,14H,1-3H2,(H,13,15)(H,16,17). The number of aromatic hydroxyl groups is 1. The average molecular weight is 235 g/mol. The number of aromatic carboxylic acids is 1. The van der Waals surface area contributed by atoms with Crippen molar-refractivity contribution >= 4 is 17.6 Å². The van der Waals surface area contributed by atoms with Gasteiger partial charge in [-0.25, -0.2) is 4.79 Å². The minimum absolute atomic E-state index is 0.0521. The number of nitrogens with one attached hydrogen (secondary N) is 1. The van der Waals surface area contributed by atoms with Gasteiger partial charge in [0, 0.05) is 17.7 Å². The van der Waals surface area contributed by atoms with E-state index in [2.05, 4.69) is 5.32 Å². The maximum Gasteiger partial charge on any atom is 0.339 e. The Hall–Kier alpha value is -2.04. The molecule has 1 fully saturated rings. The van der Waals surface area contributed by atoms with Crippen molar-refractivity contribution < 1.29 is 19.8 Å². The number of benzene rings is 1. The van der Waals surface area contributed by atoms with Crippen molar-refractivity contribution in [1.82, 2.24) is 0 Å². The quantitative estimate of drug-likeness (QED) is 0.745. The van der Waals surface area contributed by atoms with Crippen LogP contribution in [-0.2, 0) is 4.79 Å². The van der Waals surface area contributed by atoms with Gasteiger partial charge in [-0.15, -0.1) is 0 Å². The molecule has 0 spiro atoms. The molecule has 1 aliphatic carbocycles. The van der Waals surface area contributed by atoms with Crippen LogP contribution in [0.2, 0.25) is 0 Å². The summed E-state index contributed by atoms with van der Waals surface area (Å²) in [6, 6.07) is 3.99. The van der Waals surface area contributed by atoms with Gasteiger partial charge >= 0.3 is 5.97 Å². The van der Waals surface area contributed by atoms with Crippen LogP contribution in [-0.4, -0.2) is 22.1 Å². The summed E-state index contributed by atoms with van der Waals surface area (Å²) in [7, 11) is 0. The van der Waals surface area contributed by atoms with Gasteiger partial charge in [0.15, 0.2) is 0 Å². The molecule has 0 radical (unpaired) electrons. The van der Waals surface area contributed by atoms with Gasteiger partial charge in [0.05, 0.1) is 0 Å². The number of rotatable bonds is 3. The van der Waals surface area contributed by atoms with E-state index in [1.807, 2.05) is 0 Å². The average Bonchev–Trinajstić information content (AvgIpc) is 2.13. The van der Waals surface area contributed by atoms with Crippen molar-refractivity contribution in [3.8, 4) is 5.75 Å². The molecule has 5 heteroatoms. The summed E-state index contributed by atoms with van der Waals surface area (Å²) in [5, 5.41) is 20.8. The van der Waals surface area contributed by atoms with E-state index in [1.54, 1.807) is 0 Å². The van der Waals surface area contributed by atoms with Gasteiger partial charge in [-0.2, -0.15) is 0 Å². The fourth-order valence-corrected chi connectivity index (χ4v) is 1.71. The van der Waals surface area contributed by atoms with Crippen molar-refractivity contribution in [2.24, 2.45) is 5.92 Å². The Bertz CT molecular complexity index is 466. The van der Waals surface area contributed by atoms with E-state index in [4.69, 9.17) is 5.11 Å². The Labute approximate surface area is 98.1 Å². The zero-order valence-electron chi connectivity index (χ0n) is 9.14. The third-order valence-corrected chi connectivity index (χ3v) is 2.97. The van der Waals surface area contributed by atoms with Crippen LogP contribution in [0, 0.1) is 5.92 Å². The summed E-state index contributed by atoms with van der Waals surface area (Å²) < 4.78 is 0. The largest absolute Gasteiger partial charge is 0.507 e. The summed E-state index contributed by atoms with van der Waals surface area (Å²) >= 11 is 0. The molecule has 1 saturated carbocycles. The molecule has 5 nitrogen and oxygen atoms in total. The molecule has 0 aromatic heterocycles. The number of carbonyl (C=O) groups excluding carboxylic acids is 1. The Morgan fingerprint density at radius 3 is 2.47 bits per heavy atom. The van der Waals surface area contributed by atoms with E-state index >= 15 is 0 Å². The van der Waals surface area contributed by atoms with Gasteiger partial charge in [-0.1, -0.05) is 6.42 Å². The van der Waals surface area contributed by atoms with E-state index in [0.717, 1.165) is 19.3 Å². The van der Waals surface area contributed by atoms with Crippen LogP contribution in [0.1, 0.15) is 29.6 Å². The zero-order valence-corrected chi connectivity index (χ0v) is 9.14. The smallest absolute Gasteiger partial charge is 0.339 e. The minimum Gasteiger partial charge on any atom is -0.507 e. The van der Waals surface area contributed by atoms with Crippen molar-refractivity contribution in [3.63, 3.8) is 0 Å². The maximum atomic E-state index is 11.6. The van der Waals surface area contributed by atoms with Gasteiger partial charge in [0.2, 0.25) is 5.91 Å². The summed E-state index contributed by atoms with van der Waals surface area (Å²) in [6.45, 7) is 0. The maximum absolute atomic E-state index is 11.6. The van der Waals surface area contributed by atoms with Crippen LogP contribution in [0.3, 0.4) is 0 Å². The lowest BCUT2D eigenvalue weighted by Crippen LogP contribution is -2.28. The monoisotopic (exact) mass is 235 g/mol. The fourth-order valence-electron chi connectivity index (χ4n) is 1.71. The third kappa shape index (κ3) is 2.38. The van der Waals surface area contributed by atoms with E-state index in [9.17, 15) is 14.7 Å². The second kappa shape index (κ2) is 4.45. The molecule has 17 heavy (non-hydrogen) atoms. The molecule has 0 heterocycles. The lowest BCUT2D eigenvalue weighted by atomic mass is 9.85. The molecule has 90 valence electrons. The van der Waals surface area contributed by atoms with Crippen molar-refractivity contribution in [1.29, 1.82) is 0 Å². The molecule has 0 saturated heterocycles. The van der Waals surface area contributed by atoms with Crippen LogP contribution in [0.4, 0.5) is 5.69 Å². The number of carbonyl (C=O) groups is 2. The van der Waals surface area contributed by atoms with Crippen LogP contribution >= 0.6 is 0 Å². The number of carboxylic acid groups (broad SMARTS) is 1. The predicted molar refractivity (Wildman–Crippen MR) is 61.0 cm³/mol. The first-order chi connectivity index (χ1) is 8.08. The molecule has 2 rings (SSSR count). The molecule has 1 amide bonds. The van der Waals surface area contributed by atoms with E-state index < -0.39 is 5.97 Å². The zero-order chi connectivity index (χ0) is 12.4. The summed E-state index contributed by atoms with van der Waals surface area (Å²) in [5.41, 5.74) is 0.246. The second-order valence-electron chi connectivity index (χ2n) is 4.15. The molecule has 0 aliphatic heterocycles. The van der Waals surface area contributed by atoms with Gasteiger partial charge in [-0.05, 0) is 25.0 Å². The Morgan fingerprint density at radius 2 is 2.00 bits per heavy atom. The third-order valence-electron chi connectivity index (χ3n) is 2.97. The van der Waals surface area contributed by atoms with Crippen molar-refractivity contribution in [3.05, 3.63) is 23.8 Å². The van der Waals surface area contributed by atoms with Gasteiger partial charge in [-0.3, -0.25) is 4.79 Å². The molecular weight excluding hydrogens is 222 g/mol. The van der Waals surface area contributed by atoms with Gasteiger partial charge in [0.25, 0.3) is 0 Å². The first kappa shape index (κ1) is 11.4. The molecular formula is C12H13NO4. The van der Waals surface area contributed by atoms with E-state index in [-0.39, 0.29) is 23.1 Å². The Morgan fingerprint density at radius 1 is 1.29 bits per heavy atom. The predicted octanol–water partition coefficient (Wildman–Crippen LogP) is 1.83. The normalized spacial score (nSPS) is 15.1. The first-order valence-electron chi connectivity index (χ1n) is 5.45. The molecule has 0 unspecified atom stereocenters. The van der Waals surface area contributed by atoms with E-state index in [0.29, 0.717) is 5.69 Å². The minimum atomic E-state index is -1.20. The SMILES string of the molecule is O=C(O)c1ccc(NC(=O)C2CCC2)cc1O.